The van der Waals surface area contributed by atoms with Crippen molar-refractivity contribution in [1.29, 1.82) is 0 Å². The van der Waals surface area contributed by atoms with Gasteiger partial charge in [-0.05, 0) is 12.5 Å². The van der Waals surface area contributed by atoms with E-state index in [1.165, 1.54) is 5.56 Å². The molecule has 1 amide bonds. The summed E-state index contributed by atoms with van der Waals surface area (Å²) in [5, 5.41) is 2.87. The number of rotatable bonds is 4. The molecule has 0 radical (unpaired) electrons. The Hall–Kier alpha value is -2.10. The number of imidazole rings is 1. The first kappa shape index (κ1) is 12.4. The topological polar surface area (TPSA) is 46.9 Å². The number of carbonyl (C=O) groups is 1. The van der Waals surface area contributed by atoms with Gasteiger partial charge in [0, 0.05) is 19.4 Å². The Bertz CT molecular complexity index is 545. The van der Waals surface area contributed by atoms with Crippen LogP contribution in [0.3, 0.4) is 0 Å². The summed E-state index contributed by atoms with van der Waals surface area (Å²) in [5.41, 5.74) is 2.21. The van der Waals surface area contributed by atoms with Crippen LogP contribution in [-0.4, -0.2) is 15.5 Å². The molecule has 0 aliphatic heterocycles. The molecule has 2 rings (SSSR count). The highest BCUT2D eigenvalue weighted by atomic mass is 16.1. The SMILES string of the molecule is Cc1cccc(CC(=O)NCc2nccn2C)c1. The smallest absolute Gasteiger partial charge is 0.224 e. The molecule has 0 saturated carbocycles. The highest BCUT2D eigenvalue weighted by Gasteiger charge is 2.05. The maximum Gasteiger partial charge on any atom is 0.224 e. The fraction of sp³-hybridized carbons (Fsp3) is 0.286. The highest BCUT2D eigenvalue weighted by Crippen LogP contribution is 2.04. The van der Waals surface area contributed by atoms with E-state index in [0.717, 1.165) is 11.4 Å². The second-order valence-corrected chi connectivity index (χ2v) is 4.40. The van der Waals surface area contributed by atoms with Crippen molar-refractivity contribution in [2.45, 2.75) is 19.9 Å². The molecule has 2 aromatic rings. The number of nitrogens with one attached hydrogen (secondary N) is 1. The van der Waals surface area contributed by atoms with Crippen LogP contribution < -0.4 is 5.32 Å². The van der Waals surface area contributed by atoms with Crippen LogP contribution in [0.4, 0.5) is 0 Å². The van der Waals surface area contributed by atoms with Crippen molar-refractivity contribution in [3.63, 3.8) is 0 Å². The molecular formula is C14H17N3O. The lowest BCUT2D eigenvalue weighted by Crippen LogP contribution is -2.25. The van der Waals surface area contributed by atoms with Crippen molar-refractivity contribution in [2.75, 3.05) is 0 Å². The Morgan fingerprint density at radius 3 is 2.94 bits per heavy atom. The maximum atomic E-state index is 11.8. The van der Waals surface area contributed by atoms with E-state index in [9.17, 15) is 4.79 Å². The van der Waals surface area contributed by atoms with Crippen LogP contribution >= 0.6 is 0 Å². The molecule has 1 N–H and O–H groups in total. The summed E-state index contributed by atoms with van der Waals surface area (Å²) >= 11 is 0. The van der Waals surface area contributed by atoms with E-state index >= 15 is 0 Å². The molecule has 0 unspecified atom stereocenters. The van der Waals surface area contributed by atoms with Gasteiger partial charge < -0.3 is 9.88 Å². The number of nitrogens with zero attached hydrogens (tertiary/aromatic N) is 2. The van der Waals surface area contributed by atoms with Gasteiger partial charge in [-0.3, -0.25) is 4.79 Å². The van der Waals surface area contributed by atoms with Gasteiger partial charge in [-0.15, -0.1) is 0 Å². The lowest BCUT2D eigenvalue weighted by Gasteiger charge is -2.06. The molecule has 0 fully saturated rings. The van der Waals surface area contributed by atoms with Crippen molar-refractivity contribution in [1.82, 2.24) is 14.9 Å². The van der Waals surface area contributed by atoms with E-state index in [-0.39, 0.29) is 5.91 Å². The van der Waals surface area contributed by atoms with E-state index in [4.69, 9.17) is 0 Å². The molecular weight excluding hydrogens is 226 g/mol. The first-order chi connectivity index (χ1) is 8.65. The fourth-order valence-electron chi connectivity index (χ4n) is 1.81. The van der Waals surface area contributed by atoms with Crippen LogP contribution in [0.5, 0.6) is 0 Å². The van der Waals surface area contributed by atoms with E-state index in [1.54, 1.807) is 6.20 Å². The first-order valence-corrected chi connectivity index (χ1v) is 5.93. The molecule has 0 spiro atoms. The third-order valence-corrected chi connectivity index (χ3v) is 2.81. The van der Waals surface area contributed by atoms with Gasteiger partial charge in [0.2, 0.25) is 5.91 Å². The molecule has 94 valence electrons. The minimum atomic E-state index is 0.0172. The van der Waals surface area contributed by atoms with E-state index < -0.39 is 0 Å². The second-order valence-electron chi connectivity index (χ2n) is 4.40. The molecule has 18 heavy (non-hydrogen) atoms. The second kappa shape index (κ2) is 5.49. The standard InChI is InChI=1S/C14H17N3O/c1-11-4-3-5-12(8-11)9-14(18)16-10-13-15-6-7-17(13)2/h3-8H,9-10H2,1-2H3,(H,16,18). The van der Waals surface area contributed by atoms with Gasteiger partial charge in [0.1, 0.15) is 5.82 Å². The third-order valence-electron chi connectivity index (χ3n) is 2.81. The minimum Gasteiger partial charge on any atom is -0.349 e. The van der Waals surface area contributed by atoms with Crippen LogP contribution in [0.15, 0.2) is 36.7 Å². The number of carbonyl (C=O) groups excluding carboxylic acids is 1. The Labute approximate surface area is 107 Å². The molecule has 1 heterocycles. The van der Waals surface area contributed by atoms with Gasteiger partial charge in [-0.2, -0.15) is 0 Å². The highest BCUT2D eigenvalue weighted by molar-refractivity contribution is 5.78. The summed E-state index contributed by atoms with van der Waals surface area (Å²) in [6.45, 7) is 2.49. The van der Waals surface area contributed by atoms with Crippen LogP contribution in [0.25, 0.3) is 0 Å². The molecule has 0 bridgehead atoms. The third kappa shape index (κ3) is 3.20. The predicted molar refractivity (Wildman–Crippen MR) is 69.9 cm³/mol. The summed E-state index contributed by atoms with van der Waals surface area (Å²) in [6, 6.07) is 7.99. The first-order valence-electron chi connectivity index (χ1n) is 5.93. The number of amides is 1. The van der Waals surface area contributed by atoms with Gasteiger partial charge in [0.15, 0.2) is 0 Å². The fourth-order valence-corrected chi connectivity index (χ4v) is 1.81. The van der Waals surface area contributed by atoms with E-state index in [2.05, 4.69) is 10.3 Å². The minimum absolute atomic E-state index is 0.0172. The summed E-state index contributed by atoms with van der Waals surface area (Å²) in [5.74, 6) is 0.871. The Morgan fingerprint density at radius 2 is 2.28 bits per heavy atom. The van der Waals surface area contributed by atoms with Crippen LogP contribution in [0.1, 0.15) is 17.0 Å². The van der Waals surface area contributed by atoms with Gasteiger partial charge >= 0.3 is 0 Å². The average molecular weight is 243 g/mol. The quantitative estimate of drug-likeness (QED) is 0.886. The number of benzene rings is 1. The Kier molecular flexibility index (Phi) is 3.77. The number of hydrogen-bond donors (Lipinski definition) is 1. The molecule has 1 aromatic heterocycles. The lowest BCUT2D eigenvalue weighted by molar-refractivity contribution is -0.120. The van der Waals surface area contributed by atoms with Crippen LogP contribution in [0.2, 0.25) is 0 Å². The van der Waals surface area contributed by atoms with Gasteiger partial charge in [0.25, 0.3) is 0 Å². The number of aryl methyl sites for hydroxylation is 2. The predicted octanol–water partition coefficient (Wildman–Crippen LogP) is 1.59. The molecule has 1 aromatic carbocycles. The lowest BCUT2D eigenvalue weighted by atomic mass is 10.1. The van der Waals surface area contributed by atoms with Crippen molar-refractivity contribution in [2.24, 2.45) is 7.05 Å². The zero-order valence-electron chi connectivity index (χ0n) is 10.7. The van der Waals surface area contributed by atoms with Crippen molar-refractivity contribution in [3.05, 3.63) is 53.6 Å². The zero-order valence-corrected chi connectivity index (χ0v) is 10.7. The zero-order chi connectivity index (χ0) is 13.0. The summed E-state index contributed by atoms with van der Waals surface area (Å²) in [6.07, 6.45) is 4.00. The van der Waals surface area contributed by atoms with Crippen molar-refractivity contribution < 1.29 is 4.79 Å². The van der Waals surface area contributed by atoms with E-state index in [0.29, 0.717) is 13.0 Å². The summed E-state index contributed by atoms with van der Waals surface area (Å²) in [4.78, 5) is 15.9. The number of hydrogen-bond acceptors (Lipinski definition) is 2. The Balaban J connectivity index is 1.88. The summed E-state index contributed by atoms with van der Waals surface area (Å²) in [7, 11) is 1.91. The largest absolute Gasteiger partial charge is 0.349 e. The molecule has 4 heteroatoms. The van der Waals surface area contributed by atoms with Gasteiger partial charge in [0.05, 0.1) is 13.0 Å². The Morgan fingerprint density at radius 1 is 1.44 bits per heavy atom. The van der Waals surface area contributed by atoms with Crippen molar-refractivity contribution in [3.8, 4) is 0 Å². The summed E-state index contributed by atoms with van der Waals surface area (Å²) < 4.78 is 1.90. The van der Waals surface area contributed by atoms with Crippen molar-refractivity contribution >= 4 is 5.91 Å². The van der Waals surface area contributed by atoms with Gasteiger partial charge in [-0.1, -0.05) is 29.8 Å². The normalized spacial score (nSPS) is 10.3. The molecule has 0 aliphatic rings. The number of aromatic nitrogens is 2. The molecule has 0 atom stereocenters. The monoisotopic (exact) mass is 243 g/mol. The molecule has 0 saturated heterocycles. The van der Waals surface area contributed by atoms with Gasteiger partial charge in [-0.25, -0.2) is 4.98 Å². The van der Waals surface area contributed by atoms with Crippen LogP contribution in [0, 0.1) is 6.92 Å². The molecule has 4 nitrogen and oxygen atoms in total. The average Bonchev–Trinajstić information content (AvgIpc) is 2.72. The maximum absolute atomic E-state index is 11.8. The van der Waals surface area contributed by atoms with Crippen LogP contribution in [-0.2, 0) is 24.8 Å². The molecule has 0 aliphatic carbocycles. The van der Waals surface area contributed by atoms with E-state index in [1.807, 2.05) is 49.0 Å².